The molecule has 1 amide bonds. The van der Waals surface area contributed by atoms with Crippen molar-refractivity contribution < 1.29 is 4.79 Å². The fraction of sp³-hybridized carbons (Fsp3) is 0.333. The summed E-state index contributed by atoms with van der Waals surface area (Å²) in [4.78, 5) is 16.3. The highest BCUT2D eigenvalue weighted by atomic mass is 33.1. The zero-order valence-electron chi connectivity index (χ0n) is 13.5. The smallest absolute Gasteiger partial charge is 0.251 e. The Morgan fingerprint density at radius 1 is 1.17 bits per heavy atom. The van der Waals surface area contributed by atoms with Crippen LogP contribution < -0.4 is 5.32 Å². The molecule has 2 aromatic rings. The molecule has 122 valence electrons. The highest BCUT2D eigenvalue weighted by Gasteiger charge is 2.05. The van der Waals surface area contributed by atoms with E-state index in [1.54, 1.807) is 27.8 Å². The van der Waals surface area contributed by atoms with Gasteiger partial charge < -0.3 is 5.32 Å². The van der Waals surface area contributed by atoms with Gasteiger partial charge in [-0.25, -0.2) is 4.98 Å². The van der Waals surface area contributed by atoms with Gasteiger partial charge in [-0.1, -0.05) is 42.8 Å². The number of nitrogens with zero attached hydrogens (tertiary/aromatic N) is 1. The van der Waals surface area contributed by atoms with Gasteiger partial charge in [0.05, 0.1) is 0 Å². The van der Waals surface area contributed by atoms with Crippen molar-refractivity contribution in [2.45, 2.75) is 25.3 Å². The van der Waals surface area contributed by atoms with Gasteiger partial charge >= 0.3 is 0 Å². The predicted octanol–water partition coefficient (Wildman–Crippen LogP) is 4.45. The van der Waals surface area contributed by atoms with E-state index >= 15 is 0 Å². The lowest BCUT2D eigenvalue weighted by atomic mass is 10.0. The molecule has 2 rings (SSSR count). The summed E-state index contributed by atoms with van der Waals surface area (Å²) in [5, 5.41) is 3.94. The Bertz CT molecular complexity index is 600. The third-order valence-electron chi connectivity index (χ3n) is 3.11. The maximum atomic E-state index is 12.1. The first kappa shape index (κ1) is 17.9. The van der Waals surface area contributed by atoms with Crippen LogP contribution >= 0.6 is 21.6 Å². The monoisotopic (exact) mass is 346 g/mol. The number of nitrogens with one attached hydrogen (secondary N) is 1. The van der Waals surface area contributed by atoms with E-state index in [1.165, 1.54) is 5.56 Å². The van der Waals surface area contributed by atoms with E-state index in [4.69, 9.17) is 0 Å². The summed E-state index contributed by atoms with van der Waals surface area (Å²) >= 11 is 0. The summed E-state index contributed by atoms with van der Waals surface area (Å²) in [5.74, 6) is 1.46. The van der Waals surface area contributed by atoms with Gasteiger partial charge in [0.1, 0.15) is 5.03 Å². The highest BCUT2D eigenvalue weighted by molar-refractivity contribution is 8.76. The number of amides is 1. The summed E-state index contributed by atoms with van der Waals surface area (Å²) in [6.45, 7) is 5.04. The number of hydrogen-bond acceptors (Lipinski definition) is 4. The van der Waals surface area contributed by atoms with Gasteiger partial charge in [-0.05, 0) is 53.0 Å². The molecule has 0 atom stereocenters. The van der Waals surface area contributed by atoms with E-state index < -0.39 is 0 Å². The van der Waals surface area contributed by atoms with Crippen LogP contribution in [0.4, 0.5) is 0 Å². The fourth-order valence-electron chi connectivity index (χ4n) is 2.07. The molecule has 0 saturated carbocycles. The van der Waals surface area contributed by atoms with E-state index in [1.807, 2.05) is 42.5 Å². The second kappa shape index (κ2) is 9.63. The topological polar surface area (TPSA) is 42.0 Å². The quantitative estimate of drug-likeness (QED) is 0.566. The summed E-state index contributed by atoms with van der Waals surface area (Å²) in [6, 6.07) is 13.8. The molecule has 0 aliphatic carbocycles. The van der Waals surface area contributed by atoms with Crippen LogP contribution in [0.1, 0.15) is 29.8 Å². The Kier molecular flexibility index (Phi) is 7.49. The van der Waals surface area contributed by atoms with Crippen LogP contribution in [0.5, 0.6) is 0 Å². The van der Waals surface area contributed by atoms with Crippen molar-refractivity contribution in [3.05, 3.63) is 59.8 Å². The van der Waals surface area contributed by atoms with Gasteiger partial charge in [0.2, 0.25) is 0 Å². The van der Waals surface area contributed by atoms with E-state index in [-0.39, 0.29) is 5.91 Å². The van der Waals surface area contributed by atoms with Gasteiger partial charge in [-0.2, -0.15) is 0 Å². The predicted molar refractivity (Wildman–Crippen MR) is 99.9 cm³/mol. The Balaban J connectivity index is 1.68. The SMILES string of the molecule is CC(C)Cc1ccc(C(=O)NCCSSc2ccccn2)cc1. The first-order valence-corrected chi connectivity index (χ1v) is 10.0. The minimum absolute atomic E-state index is 0.00969. The second-order valence-corrected chi connectivity index (χ2v) is 8.06. The Morgan fingerprint density at radius 2 is 1.96 bits per heavy atom. The lowest BCUT2D eigenvalue weighted by molar-refractivity contribution is 0.0956. The zero-order chi connectivity index (χ0) is 16.5. The zero-order valence-corrected chi connectivity index (χ0v) is 15.1. The molecular formula is C18H22N2OS2. The van der Waals surface area contributed by atoms with Crippen LogP contribution in [0.3, 0.4) is 0 Å². The number of carbonyl (C=O) groups excluding carboxylic acids is 1. The van der Waals surface area contributed by atoms with E-state index in [0.717, 1.165) is 22.8 Å². The number of carbonyl (C=O) groups is 1. The van der Waals surface area contributed by atoms with E-state index in [9.17, 15) is 4.79 Å². The van der Waals surface area contributed by atoms with Crippen LogP contribution in [-0.4, -0.2) is 23.2 Å². The number of rotatable bonds is 8. The molecule has 0 aliphatic heterocycles. The number of aromatic nitrogens is 1. The average molecular weight is 347 g/mol. The van der Waals surface area contributed by atoms with Crippen LogP contribution in [0.15, 0.2) is 53.7 Å². The number of benzene rings is 1. The summed E-state index contributed by atoms with van der Waals surface area (Å²) in [7, 11) is 3.32. The van der Waals surface area contributed by atoms with Crippen molar-refractivity contribution in [3.8, 4) is 0 Å². The first-order valence-electron chi connectivity index (χ1n) is 7.73. The molecule has 0 bridgehead atoms. The second-order valence-electron chi connectivity index (χ2n) is 5.62. The average Bonchev–Trinajstić information content (AvgIpc) is 2.55. The minimum Gasteiger partial charge on any atom is -0.351 e. The molecule has 0 aliphatic rings. The van der Waals surface area contributed by atoms with Crippen molar-refractivity contribution in [1.29, 1.82) is 0 Å². The third kappa shape index (κ3) is 6.67. The molecule has 3 nitrogen and oxygen atoms in total. The van der Waals surface area contributed by atoms with E-state index in [2.05, 4.69) is 24.1 Å². The van der Waals surface area contributed by atoms with E-state index in [0.29, 0.717) is 12.5 Å². The van der Waals surface area contributed by atoms with Gasteiger partial charge in [-0.15, -0.1) is 0 Å². The van der Waals surface area contributed by atoms with Crippen LogP contribution in [-0.2, 0) is 6.42 Å². The normalized spacial score (nSPS) is 10.7. The van der Waals surface area contributed by atoms with Crippen molar-refractivity contribution in [2.75, 3.05) is 12.3 Å². The van der Waals surface area contributed by atoms with Gasteiger partial charge in [-0.3, -0.25) is 4.79 Å². The first-order chi connectivity index (χ1) is 11.1. The Morgan fingerprint density at radius 3 is 2.61 bits per heavy atom. The number of hydrogen-bond donors (Lipinski definition) is 1. The van der Waals surface area contributed by atoms with Crippen LogP contribution in [0.25, 0.3) is 0 Å². The molecule has 1 aromatic carbocycles. The fourth-order valence-corrected chi connectivity index (χ4v) is 3.86. The van der Waals surface area contributed by atoms with Crippen molar-refractivity contribution in [3.63, 3.8) is 0 Å². The molecule has 1 N–H and O–H groups in total. The Labute approximate surface area is 146 Å². The largest absolute Gasteiger partial charge is 0.351 e. The van der Waals surface area contributed by atoms with Gasteiger partial charge in [0, 0.05) is 24.1 Å². The molecule has 5 heteroatoms. The lowest BCUT2D eigenvalue weighted by Gasteiger charge is -2.07. The van der Waals surface area contributed by atoms with Gasteiger partial charge in [0.25, 0.3) is 5.91 Å². The summed E-state index contributed by atoms with van der Waals surface area (Å²) in [6.07, 6.45) is 2.83. The Hall–Kier alpha value is -1.46. The maximum absolute atomic E-state index is 12.1. The molecule has 0 unspecified atom stereocenters. The third-order valence-corrected chi connectivity index (χ3v) is 5.38. The molecule has 1 heterocycles. The maximum Gasteiger partial charge on any atom is 0.251 e. The molecule has 0 spiro atoms. The summed E-state index contributed by atoms with van der Waals surface area (Å²) < 4.78 is 0. The molecule has 1 aromatic heterocycles. The van der Waals surface area contributed by atoms with Crippen molar-refractivity contribution in [1.82, 2.24) is 10.3 Å². The van der Waals surface area contributed by atoms with Crippen molar-refractivity contribution >= 4 is 27.5 Å². The van der Waals surface area contributed by atoms with Crippen LogP contribution in [0.2, 0.25) is 0 Å². The molecule has 0 saturated heterocycles. The molecule has 23 heavy (non-hydrogen) atoms. The van der Waals surface area contributed by atoms with Crippen LogP contribution in [0, 0.1) is 5.92 Å². The number of pyridine rings is 1. The highest BCUT2D eigenvalue weighted by Crippen LogP contribution is 2.28. The molecule has 0 fully saturated rings. The molecular weight excluding hydrogens is 324 g/mol. The lowest BCUT2D eigenvalue weighted by Crippen LogP contribution is -2.25. The summed E-state index contributed by atoms with van der Waals surface area (Å²) in [5.41, 5.74) is 2.00. The van der Waals surface area contributed by atoms with Crippen molar-refractivity contribution in [2.24, 2.45) is 5.92 Å². The standard InChI is InChI=1S/C18H22N2OS2/c1-14(2)13-15-6-8-16(9-7-15)18(21)20-11-12-22-23-17-5-3-4-10-19-17/h3-10,14H,11-13H2,1-2H3,(H,20,21). The van der Waals surface area contributed by atoms with Gasteiger partial charge in [0.15, 0.2) is 0 Å². The molecule has 0 radical (unpaired) electrons. The minimum atomic E-state index is -0.00969.